The quantitative estimate of drug-likeness (QED) is 0.684. The molecule has 2 aromatic carbocycles. The van der Waals surface area contributed by atoms with Gasteiger partial charge in [0, 0.05) is 16.7 Å². The number of hydrogen-bond acceptors (Lipinski definition) is 2. The van der Waals surface area contributed by atoms with Crippen LogP contribution in [0, 0.1) is 0 Å². The molecule has 0 radical (unpaired) electrons. The Labute approximate surface area is 118 Å². The molecule has 0 aliphatic heterocycles. The molecule has 102 valence electrons. The second kappa shape index (κ2) is 7.69. The minimum Gasteiger partial charge on any atom is -0.478 e. The Bertz CT molecular complexity index is 533. The maximum atomic E-state index is 11.8. The van der Waals surface area contributed by atoms with Crippen molar-refractivity contribution in [3.63, 3.8) is 0 Å². The van der Waals surface area contributed by atoms with Crippen LogP contribution in [0.1, 0.15) is 22.8 Å². The van der Waals surface area contributed by atoms with Crippen LogP contribution in [0.4, 0.5) is 0 Å². The van der Waals surface area contributed by atoms with Crippen LogP contribution in [0.2, 0.25) is 0 Å². The molecule has 3 heteroatoms. The van der Waals surface area contributed by atoms with Gasteiger partial charge in [0.15, 0.2) is 5.78 Å². The molecule has 0 amide bonds. The van der Waals surface area contributed by atoms with Crippen molar-refractivity contribution in [2.24, 2.45) is 0 Å². The van der Waals surface area contributed by atoms with Gasteiger partial charge in [-0.05, 0) is 6.92 Å². The van der Waals surface area contributed by atoms with Gasteiger partial charge in [-0.25, -0.2) is 4.79 Å². The molecule has 2 aromatic rings. The van der Waals surface area contributed by atoms with E-state index in [4.69, 9.17) is 5.11 Å². The van der Waals surface area contributed by atoms with Crippen LogP contribution in [0.5, 0.6) is 0 Å². The lowest BCUT2D eigenvalue weighted by Crippen LogP contribution is -1.99. The summed E-state index contributed by atoms with van der Waals surface area (Å²) in [4.78, 5) is 21.4. The van der Waals surface area contributed by atoms with E-state index < -0.39 is 5.97 Å². The largest absolute Gasteiger partial charge is 0.478 e. The average molecular weight is 268 g/mol. The molecule has 0 fully saturated rings. The van der Waals surface area contributed by atoms with Gasteiger partial charge in [0.1, 0.15) is 0 Å². The van der Waals surface area contributed by atoms with E-state index in [1.165, 1.54) is 6.92 Å². The summed E-state index contributed by atoms with van der Waals surface area (Å²) in [6, 6.07) is 18.6. The zero-order chi connectivity index (χ0) is 15.0. The third kappa shape index (κ3) is 4.90. The van der Waals surface area contributed by atoms with Crippen LogP contribution in [0.15, 0.2) is 72.8 Å². The number of benzene rings is 2. The van der Waals surface area contributed by atoms with E-state index in [2.05, 4.69) is 6.58 Å². The van der Waals surface area contributed by atoms with Crippen LogP contribution >= 0.6 is 0 Å². The zero-order valence-electron chi connectivity index (χ0n) is 11.2. The van der Waals surface area contributed by atoms with Crippen molar-refractivity contribution >= 4 is 11.8 Å². The van der Waals surface area contributed by atoms with Gasteiger partial charge in [0.25, 0.3) is 0 Å². The molecular weight excluding hydrogens is 252 g/mol. The molecular formula is C17H16O3. The minimum atomic E-state index is -0.935. The number of hydrogen-bond donors (Lipinski definition) is 1. The first-order valence-electron chi connectivity index (χ1n) is 6.06. The first-order chi connectivity index (χ1) is 9.52. The molecule has 0 heterocycles. The molecule has 0 aliphatic rings. The van der Waals surface area contributed by atoms with E-state index in [-0.39, 0.29) is 11.4 Å². The lowest BCUT2D eigenvalue weighted by atomic mass is 10.0. The molecule has 0 saturated heterocycles. The van der Waals surface area contributed by atoms with Gasteiger partial charge in [-0.15, -0.1) is 0 Å². The molecule has 0 saturated carbocycles. The van der Waals surface area contributed by atoms with Crippen molar-refractivity contribution in [3.8, 4) is 0 Å². The van der Waals surface area contributed by atoms with Gasteiger partial charge < -0.3 is 5.11 Å². The van der Waals surface area contributed by atoms with Gasteiger partial charge in [0.05, 0.1) is 0 Å². The molecule has 1 N–H and O–H groups in total. The Kier molecular flexibility index (Phi) is 5.91. The van der Waals surface area contributed by atoms with Crippen molar-refractivity contribution in [1.29, 1.82) is 0 Å². The Morgan fingerprint density at radius 2 is 1.15 bits per heavy atom. The number of aliphatic carboxylic acids is 1. The van der Waals surface area contributed by atoms with Crippen molar-refractivity contribution < 1.29 is 14.7 Å². The highest BCUT2D eigenvalue weighted by Crippen LogP contribution is 2.08. The van der Waals surface area contributed by atoms with Gasteiger partial charge >= 0.3 is 5.97 Å². The van der Waals surface area contributed by atoms with Gasteiger partial charge in [0.2, 0.25) is 0 Å². The highest BCUT2D eigenvalue weighted by molar-refractivity contribution is 6.08. The third-order valence-electron chi connectivity index (χ3n) is 2.44. The summed E-state index contributed by atoms with van der Waals surface area (Å²) >= 11 is 0. The molecule has 20 heavy (non-hydrogen) atoms. The van der Waals surface area contributed by atoms with Crippen LogP contribution in [-0.2, 0) is 4.79 Å². The summed E-state index contributed by atoms with van der Waals surface area (Å²) < 4.78 is 0. The summed E-state index contributed by atoms with van der Waals surface area (Å²) in [5.74, 6) is -0.860. The van der Waals surface area contributed by atoms with E-state index in [1.807, 2.05) is 60.7 Å². The number of carbonyl (C=O) groups excluding carboxylic acids is 1. The predicted octanol–water partition coefficient (Wildman–Crippen LogP) is 3.56. The highest BCUT2D eigenvalue weighted by atomic mass is 16.4. The molecule has 3 nitrogen and oxygen atoms in total. The van der Waals surface area contributed by atoms with Crippen molar-refractivity contribution in [2.75, 3.05) is 0 Å². The summed E-state index contributed by atoms with van der Waals surface area (Å²) in [7, 11) is 0. The SMILES string of the molecule is C=C(C)C(=O)O.O=C(c1ccccc1)c1ccccc1. The monoisotopic (exact) mass is 268 g/mol. The molecule has 0 atom stereocenters. The topological polar surface area (TPSA) is 54.4 Å². The number of rotatable bonds is 3. The van der Waals surface area contributed by atoms with E-state index >= 15 is 0 Å². The minimum absolute atomic E-state index is 0.0752. The van der Waals surface area contributed by atoms with Crippen LogP contribution in [0.3, 0.4) is 0 Å². The zero-order valence-corrected chi connectivity index (χ0v) is 11.2. The number of carboxylic acid groups (broad SMARTS) is 1. The van der Waals surface area contributed by atoms with Gasteiger partial charge in [-0.3, -0.25) is 4.79 Å². The van der Waals surface area contributed by atoms with E-state index in [0.717, 1.165) is 11.1 Å². The number of ketones is 1. The summed E-state index contributed by atoms with van der Waals surface area (Å²) in [5.41, 5.74) is 1.65. The number of carbonyl (C=O) groups is 2. The standard InChI is InChI=1S/C13H10O.C4H6O2/c14-13(11-7-3-1-4-8-11)12-9-5-2-6-10-12;1-3(2)4(5)6/h1-10H;1H2,2H3,(H,5,6). The fourth-order valence-corrected chi connectivity index (χ4v) is 1.35. The second-order valence-electron chi connectivity index (χ2n) is 4.15. The van der Waals surface area contributed by atoms with E-state index in [1.54, 1.807) is 0 Å². The maximum absolute atomic E-state index is 11.8. The van der Waals surface area contributed by atoms with Crippen LogP contribution in [0.25, 0.3) is 0 Å². The lowest BCUT2D eigenvalue weighted by Gasteiger charge is -1.99. The van der Waals surface area contributed by atoms with E-state index in [0.29, 0.717) is 0 Å². The Hall–Kier alpha value is -2.68. The van der Waals surface area contributed by atoms with Crippen LogP contribution < -0.4 is 0 Å². The second-order valence-corrected chi connectivity index (χ2v) is 4.15. The predicted molar refractivity (Wildman–Crippen MR) is 78.8 cm³/mol. The average Bonchev–Trinajstić information content (AvgIpc) is 2.49. The maximum Gasteiger partial charge on any atom is 0.330 e. The molecule has 0 bridgehead atoms. The third-order valence-corrected chi connectivity index (χ3v) is 2.44. The normalized spacial score (nSPS) is 9.05. The molecule has 0 aromatic heterocycles. The highest BCUT2D eigenvalue weighted by Gasteiger charge is 2.06. The van der Waals surface area contributed by atoms with Crippen molar-refractivity contribution in [2.45, 2.75) is 6.92 Å². The summed E-state index contributed by atoms with van der Waals surface area (Å²) in [5, 5.41) is 7.89. The molecule has 0 spiro atoms. The van der Waals surface area contributed by atoms with Gasteiger partial charge in [-0.2, -0.15) is 0 Å². The Morgan fingerprint density at radius 3 is 1.40 bits per heavy atom. The lowest BCUT2D eigenvalue weighted by molar-refractivity contribution is -0.132. The molecule has 0 unspecified atom stereocenters. The summed E-state index contributed by atoms with van der Waals surface area (Å²) in [6.45, 7) is 4.60. The first-order valence-corrected chi connectivity index (χ1v) is 6.06. The van der Waals surface area contributed by atoms with Crippen molar-refractivity contribution in [3.05, 3.63) is 83.9 Å². The fourth-order valence-electron chi connectivity index (χ4n) is 1.35. The smallest absolute Gasteiger partial charge is 0.330 e. The van der Waals surface area contributed by atoms with Crippen molar-refractivity contribution in [1.82, 2.24) is 0 Å². The Morgan fingerprint density at radius 1 is 0.850 bits per heavy atom. The fraction of sp³-hybridized carbons (Fsp3) is 0.0588. The van der Waals surface area contributed by atoms with Crippen LogP contribution in [-0.4, -0.2) is 16.9 Å². The number of carboxylic acids is 1. The summed E-state index contributed by atoms with van der Waals surface area (Å²) in [6.07, 6.45) is 0. The molecule has 0 aliphatic carbocycles. The Balaban J connectivity index is 0.000000286. The first kappa shape index (κ1) is 15.4. The molecule has 2 rings (SSSR count). The van der Waals surface area contributed by atoms with Gasteiger partial charge in [-0.1, -0.05) is 67.2 Å². The van der Waals surface area contributed by atoms with E-state index in [9.17, 15) is 9.59 Å².